The predicted octanol–water partition coefficient (Wildman–Crippen LogP) is 0.610. The maximum absolute atomic E-state index is 10.7. The Morgan fingerprint density at radius 2 is 2.38 bits per heavy atom. The molecule has 0 amide bonds. The Labute approximate surface area is 48.8 Å². The first-order chi connectivity index (χ1) is 3.75. The lowest BCUT2D eigenvalue weighted by molar-refractivity contribution is -0.144. The maximum atomic E-state index is 10.7. The first kappa shape index (κ1) is 5.76. The molecular weight excluding hydrogens is 104 g/mol. The van der Waals surface area contributed by atoms with Gasteiger partial charge in [-0.2, -0.15) is 0 Å². The van der Waals surface area contributed by atoms with Crippen LogP contribution in [0.5, 0.6) is 0 Å². The van der Waals surface area contributed by atoms with Gasteiger partial charge in [-0.1, -0.05) is 6.92 Å². The van der Waals surface area contributed by atoms with Gasteiger partial charge < -0.3 is 4.74 Å². The fourth-order valence-corrected chi connectivity index (χ4v) is 0.923. The highest BCUT2D eigenvalue weighted by molar-refractivity contribution is 5.90. The van der Waals surface area contributed by atoms with Crippen molar-refractivity contribution in [3.8, 4) is 0 Å². The number of hydrogen-bond acceptors (Lipinski definition) is 2. The second-order valence-corrected chi connectivity index (χ2v) is 2.26. The van der Waals surface area contributed by atoms with E-state index in [1.165, 1.54) is 0 Å². The van der Waals surface area contributed by atoms with Crippen LogP contribution >= 0.6 is 0 Å². The summed E-state index contributed by atoms with van der Waals surface area (Å²) < 4.78 is 4.82. The van der Waals surface area contributed by atoms with Crippen LogP contribution in [0.15, 0.2) is 0 Å². The Balaban J connectivity index is 2.36. The highest BCUT2D eigenvalue weighted by atomic mass is 16.5. The molecule has 0 unspecified atom stereocenters. The third kappa shape index (κ3) is 0.650. The third-order valence-corrected chi connectivity index (χ3v) is 1.66. The Morgan fingerprint density at radius 1 is 1.75 bits per heavy atom. The number of rotatable bonds is 1. The number of carbonyl (C=O) groups is 1. The van der Waals surface area contributed by atoms with Crippen LogP contribution in [0.1, 0.15) is 13.3 Å². The highest BCUT2D eigenvalue weighted by Gasteiger charge is 2.35. The number of carbonyl (C=O) groups excluding carboxylic acids is 1. The van der Waals surface area contributed by atoms with Gasteiger partial charge in [0.05, 0.1) is 0 Å². The molecule has 0 saturated heterocycles. The molecule has 0 spiro atoms. The van der Waals surface area contributed by atoms with Gasteiger partial charge in [-0.25, -0.2) is 0 Å². The monoisotopic (exact) mass is 114 g/mol. The molecule has 0 heterocycles. The second-order valence-electron chi connectivity index (χ2n) is 2.26. The van der Waals surface area contributed by atoms with Crippen molar-refractivity contribution in [2.24, 2.45) is 5.92 Å². The summed E-state index contributed by atoms with van der Waals surface area (Å²) in [4.78, 5) is 10.7. The standard InChI is InChI=1S/C6H10O2/c1-4-3-5(8-2)6(4)7/h4-5H,3H2,1-2H3/t4-,5-/m1/s1. The number of ketones is 1. The largest absolute Gasteiger partial charge is 0.374 e. The summed E-state index contributed by atoms with van der Waals surface area (Å²) >= 11 is 0. The van der Waals surface area contributed by atoms with Gasteiger partial charge >= 0.3 is 0 Å². The van der Waals surface area contributed by atoms with E-state index in [2.05, 4.69) is 0 Å². The van der Waals surface area contributed by atoms with Crippen LogP contribution in [0.25, 0.3) is 0 Å². The SMILES string of the molecule is CO[C@@H]1C[C@@H](C)C1=O. The van der Waals surface area contributed by atoms with E-state index in [1.54, 1.807) is 7.11 Å². The van der Waals surface area contributed by atoms with Crippen LogP contribution in [0.2, 0.25) is 0 Å². The van der Waals surface area contributed by atoms with E-state index in [4.69, 9.17) is 4.74 Å². The average Bonchev–Trinajstić information content (AvgIpc) is 1.81. The summed E-state index contributed by atoms with van der Waals surface area (Å²) in [6.45, 7) is 1.93. The summed E-state index contributed by atoms with van der Waals surface area (Å²) in [6.07, 6.45) is 0.833. The number of hydrogen-bond donors (Lipinski definition) is 0. The van der Waals surface area contributed by atoms with Crippen molar-refractivity contribution in [3.05, 3.63) is 0 Å². The zero-order valence-corrected chi connectivity index (χ0v) is 5.18. The molecule has 2 heteroatoms. The van der Waals surface area contributed by atoms with E-state index in [1.807, 2.05) is 6.92 Å². The summed E-state index contributed by atoms with van der Waals surface area (Å²) in [7, 11) is 1.58. The van der Waals surface area contributed by atoms with Gasteiger partial charge in [0.1, 0.15) is 6.10 Å². The predicted molar refractivity (Wildman–Crippen MR) is 29.6 cm³/mol. The van der Waals surface area contributed by atoms with E-state index in [0.29, 0.717) is 0 Å². The summed E-state index contributed by atoms with van der Waals surface area (Å²) in [6, 6.07) is 0. The van der Waals surface area contributed by atoms with Gasteiger partial charge in [-0.15, -0.1) is 0 Å². The highest BCUT2D eigenvalue weighted by Crippen LogP contribution is 2.24. The van der Waals surface area contributed by atoms with Crippen LogP contribution in [-0.2, 0) is 9.53 Å². The Hall–Kier alpha value is -0.370. The lowest BCUT2D eigenvalue weighted by Crippen LogP contribution is -2.41. The van der Waals surface area contributed by atoms with Crippen LogP contribution in [0.3, 0.4) is 0 Å². The lowest BCUT2D eigenvalue weighted by Gasteiger charge is -2.28. The molecule has 2 atom stereocenters. The van der Waals surface area contributed by atoms with Crippen molar-refractivity contribution in [2.45, 2.75) is 19.4 Å². The molecule has 0 aromatic carbocycles. The number of methoxy groups -OCH3 is 1. The minimum atomic E-state index is -0.0787. The fraction of sp³-hybridized carbons (Fsp3) is 0.833. The van der Waals surface area contributed by atoms with E-state index in [9.17, 15) is 4.79 Å². The molecule has 1 rings (SSSR count). The van der Waals surface area contributed by atoms with Gasteiger partial charge in [0.2, 0.25) is 0 Å². The van der Waals surface area contributed by atoms with E-state index in [-0.39, 0.29) is 17.8 Å². The topological polar surface area (TPSA) is 26.3 Å². The van der Waals surface area contributed by atoms with Gasteiger partial charge in [0, 0.05) is 13.0 Å². The molecule has 2 nitrogen and oxygen atoms in total. The van der Waals surface area contributed by atoms with Gasteiger partial charge in [-0.05, 0) is 6.42 Å². The zero-order valence-electron chi connectivity index (χ0n) is 5.18. The fourth-order valence-electron chi connectivity index (χ4n) is 0.923. The van der Waals surface area contributed by atoms with Crippen LogP contribution in [0.4, 0.5) is 0 Å². The van der Waals surface area contributed by atoms with Crippen molar-refractivity contribution < 1.29 is 9.53 Å². The first-order valence-corrected chi connectivity index (χ1v) is 2.82. The van der Waals surface area contributed by atoms with E-state index >= 15 is 0 Å². The molecule has 0 aliphatic heterocycles. The number of ether oxygens (including phenoxy) is 1. The van der Waals surface area contributed by atoms with E-state index in [0.717, 1.165) is 6.42 Å². The molecule has 0 N–H and O–H groups in total. The van der Waals surface area contributed by atoms with Crippen molar-refractivity contribution in [2.75, 3.05) is 7.11 Å². The van der Waals surface area contributed by atoms with Crippen molar-refractivity contribution in [3.63, 3.8) is 0 Å². The van der Waals surface area contributed by atoms with Crippen molar-refractivity contribution >= 4 is 5.78 Å². The molecule has 0 aromatic rings. The molecule has 1 fully saturated rings. The Bertz CT molecular complexity index is 109. The van der Waals surface area contributed by atoms with Crippen LogP contribution in [-0.4, -0.2) is 19.0 Å². The molecule has 8 heavy (non-hydrogen) atoms. The van der Waals surface area contributed by atoms with Gasteiger partial charge in [0.25, 0.3) is 0 Å². The maximum Gasteiger partial charge on any atom is 0.164 e. The molecular formula is C6H10O2. The Morgan fingerprint density at radius 3 is 2.50 bits per heavy atom. The summed E-state index contributed by atoms with van der Waals surface area (Å²) in [5.41, 5.74) is 0. The molecule has 1 aliphatic rings. The zero-order chi connectivity index (χ0) is 6.15. The van der Waals surface area contributed by atoms with Crippen molar-refractivity contribution in [1.29, 1.82) is 0 Å². The summed E-state index contributed by atoms with van der Waals surface area (Å²) in [5, 5.41) is 0. The Kier molecular flexibility index (Phi) is 1.34. The second kappa shape index (κ2) is 1.86. The minimum Gasteiger partial charge on any atom is -0.374 e. The van der Waals surface area contributed by atoms with Crippen molar-refractivity contribution in [1.82, 2.24) is 0 Å². The number of Topliss-reactive ketones (excluding diaryl/α,β-unsaturated/α-hetero) is 1. The van der Waals surface area contributed by atoms with Crippen LogP contribution in [0, 0.1) is 5.92 Å². The van der Waals surface area contributed by atoms with Crippen LogP contribution < -0.4 is 0 Å². The lowest BCUT2D eigenvalue weighted by atomic mass is 9.82. The van der Waals surface area contributed by atoms with Gasteiger partial charge in [-0.3, -0.25) is 4.79 Å². The third-order valence-electron chi connectivity index (χ3n) is 1.66. The molecule has 0 bridgehead atoms. The quantitative estimate of drug-likeness (QED) is 0.499. The molecule has 0 aromatic heterocycles. The smallest absolute Gasteiger partial charge is 0.164 e. The molecule has 0 radical (unpaired) electrons. The average molecular weight is 114 g/mol. The molecule has 1 saturated carbocycles. The molecule has 1 aliphatic carbocycles. The minimum absolute atomic E-state index is 0.0787. The first-order valence-electron chi connectivity index (χ1n) is 2.82. The molecule has 46 valence electrons. The normalized spacial score (nSPS) is 37.0. The summed E-state index contributed by atoms with van der Waals surface area (Å²) in [5.74, 6) is 0.507. The van der Waals surface area contributed by atoms with E-state index < -0.39 is 0 Å². The van der Waals surface area contributed by atoms with Gasteiger partial charge in [0.15, 0.2) is 5.78 Å².